The molecule has 2 N–H and O–H groups in total. The molecule has 3 amide bonds. The van der Waals surface area contributed by atoms with Gasteiger partial charge in [-0.05, 0) is 49.4 Å². The van der Waals surface area contributed by atoms with E-state index in [-0.39, 0.29) is 24.4 Å². The summed E-state index contributed by atoms with van der Waals surface area (Å²) in [4.78, 5) is 38.1. The van der Waals surface area contributed by atoms with Gasteiger partial charge in [-0.2, -0.15) is 0 Å². The molecule has 1 aliphatic heterocycles. The first-order valence-corrected chi connectivity index (χ1v) is 8.87. The molecule has 0 aromatic heterocycles. The smallest absolute Gasteiger partial charge is 0.269 e. The van der Waals surface area contributed by atoms with E-state index in [1.54, 1.807) is 24.3 Å². The second kappa shape index (κ2) is 8.51. The highest BCUT2D eigenvalue weighted by Crippen LogP contribution is 2.26. The van der Waals surface area contributed by atoms with Crippen LogP contribution in [0.2, 0.25) is 0 Å². The first kappa shape index (κ1) is 19.3. The Labute approximate surface area is 161 Å². The second-order valence-corrected chi connectivity index (χ2v) is 6.29. The molecule has 0 unspecified atom stereocenters. The molecular weight excluding hydrogens is 365 g/mol. The van der Waals surface area contributed by atoms with E-state index in [0.717, 1.165) is 6.07 Å². The van der Waals surface area contributed by atoms with Crippen LogP contribution in [0.3, 0.4) is 0 Å². The summed E-state index contributed by atoms with van der Waals surface area (Å²) >= 11 is 0. The Morgan fingerprint density at radius 1 is 1.18 bits per heavy atom. The summed E-state index contributed by atoms with van der Waals surface area (Å²) in [7, 11) is 0. The summed E-state index contributed by atoms with van der Waals surface area (Å²) in [5, 5.41) is 0. The average Bonchev–Trinajstić information content (AvgIpc) is 3.08. The van der Waals surface area contributed by atoms with Crippen molar-refractivity contribution >= 4 is 23.4 Å². The quantitative estimate of drug-likeness (QED) is 0.771. The number of hydrazine groups is 1. The summed E-state index contributed by atoms with van der Waals surface area (Å²) in [5.74, 6) is -1.75. The van der Waals surface area contributed by atoms with E-state index in [1.165, 1.54) is 23.1 Å². The lowest BCUT2D eigenvalue weighted by Crippen LogP contribution is -2.45. The molecule has 0 bridgehead atoms. The number of hydrogen-bond donors (Lipinski definition) is 2. The van der Waals surface area contributed by atoms with Gasteiger partial charge in [0.1, 0.15) is 11.6 Å². The van der Waals surface area contributed by atoms with E-state index >= 15 is 0 Å². The predicted molar refractivity (Wildman–Crippen MR) is 100 cm³/mol. The molecule has 3 rings (SSSR count). The third kappa shape index (κ3) is 4.46. The fraction of sp³-hybridized carbons (Fsp3) is 0.250. The van der Waals surface area contributed by atoms with Crippen LogP contribution in [-0.2, 0) is 9.59 Å². The predicted octanol–water partition coefficient (Wildman–Crippen LogP) is 2.04. The van der Waals surface area contributed by atoms with Crippen LogP contribution in [0, 0.1) is 11.7 Å². The second-order valence-electron chi connectivity index (χ2n) is 6.29. The normalized spacial score (nSPS) is 16.0. The molecular formula is C20H20FN3O4. The van der Waals surface area contributed by atoms with Crippen LogP contribution in [0.1, 0.15) is 23.7 Å². The fourth-order valence-electron chi connectivity index (χ4n) is 2.94. The van der Waals surface area contributed by atoms with Crippen LogP contribution < -0.4 is 20.5 Å². The van der Waals surface area contributed by atoms with Gasteiger partial charge in [0, 0.05) is 24.2 Å². The standard InChI is InChI=1S/C20H20FN3O4/c1-2-28-17-8-6-16(7-9-17)24-12-14(11-18(24)25)20(27)23-22-19(26)13-4-3-5-15(21)10-13/h3-10,14H,2,11-12H2,1H3,(H,22,26)(H,23,27)/t14-/m1/s1. The van der Waals surface area contributed by atoms with Crippen molar-refractivity contribution in [2.45, 2.75) is 13.3 Å². The first-order valence-electron chi connectivity index (χ1n) is 8.87. The molecule has 0 radical (unpaired) electrons. The minimum Gasteiger partial charge on any atom is -0.494 e. The van der Waals surface area contributed by atoms with Crippen LogP contribution in [0.15, 0.2) is 48.5 Å². The van der Waals surface area contributed by atoms with Gasteiger partial charge >= 0.3 is 0 Å². The number of amides is 3. The van der Waals surface area contributed by atoms with Gasteiger partial charge in [-0.15, -0.1) is 0 Å². The number of rotatable bonds is 5. The van der Waals surface area contributed by atoms with E-state index < -0.39 is 23.5 Å². The molecule has 0 aliphatic carbocycles. The van der Waals surface area contributed by atoms with E-state index in [4.69, 9.17) is 4.74 Å². The van der Waals surface area contributed by atoms with Crippen LogP contribution >= 0.6 is 0 Å². The van der Waals surface area contributed by atoms with Crippen LogP contribution in [-0.4, -0.2) is 30.9 Å². The lowest BCUT2D eigenvalue weighted by molar-refractivity contribution is -0.126. The van der Waals surface area contributed by atoms with Crippen molar-refractivity contribution in [3.63, 3.8) is 0 Å². The zero-order valence-electron chi connectivity index (χ0n) is 15.3. The molecule has 0 saturated carbocycles. The minimum absolute atomic E-state index is 0.0366. The van der Waals surface area contributed by atoms with Gasteiger partial charge in [-0.1, -0.05) is 6.07 Å². The van der Waals surface area contributed by atoms with Gasteiger partial charge in [0.15, 0.2) is 0 Å². The zero-order valence-corrected chi connectivity index (χ0v) is 15.3. The van der Waals surface area contributed by atoms with Gasteiger partial charge < -0.3 is 9.64 Å². The Kier molecular flexibility index (Phi) is 5.88. The van der Waals surface area contributed by atoms with Crippen molar-refractivity contribution in [2.75, 3.05) is 18.1 Å². The minimum atomic E-state index is -0.638. The van der Waals surface area contributed by atoms with Crippen LogP contribution in [0.4, 0.5) is 10.1 Å². The summed E-state index contributed by atoms with van der Waals surface area (Å²) in [6.45, 7) is 2.63. The number of hydrogen-bond acceptors (Lipinski definition) is 4. The molecule has 1 heterocycles. The Morgan fingerprint density at radius 3 is 2.61 bits per heavy atom. The molecule has 0 spiro atoms. The largest absolute Gasteiger partial charge is 0.494 e. The highest BCUT2D eigenvalue weighted by atomic mass is 19.1. The van der Waals surface area contributed by atoms with Crippen LogP contribution in [0.5, 0.6) is 5.75 Å². The lowest BCUT2D eigenvalue weighted by atomic mass is 10.1. The maximum absolute atomic E-state index is 13.2. The number of carbonyl (C=O) groups is 3. The lowest BCUT2D eigenvalue weighted by Gasteiger charge is -2.17. The molecule has 146 valence electrons. The molecule has 8 heteroatoms. The van der Waals surface area contributed by atoms with E-state index in [1.807, 2.05) is 6.92 Å². The Bertz CT molecular complexity index is 885. The van der Waals surface area contributed by atoms with Crippen molar-refractivity contribution in [1.29, 1.82) is 0 Å². The van der Waals surface area contributed by atoms with Gasteiger partial charge in [0.25, 0.3) is 5.91 Å². The number of anilines is 1. The summed E-state index contributed by atoms with van der Waals surface area (Å²) < 4.78 is 18.5. The van der Waals surface area contributed by atoms with Gasteiger partial charge in [-0.25, -0.2) is 4.39 Å². The SMILES string of the molecule is CCOc1ccc(N2C[C@H](C(=O)NNC(=O)c3cccc(F)c3)CC2=O)cc1. The summed E-state index contributed by atoms with van der Waals surface area (Å²) in [6, 6.07) is 12.2. The molecule has 1 saturated heterocycles. The van der Waals surface area contributed by atoms with Crippen molar-refractivity contribution < 1.29 is 23.5 Å². The number of nitrogens with zero attached hydrogens (tertiary/aromatic N) is 1. The third-order valence-electron chi connectivity index (χ3n) is 4.34. The van der Waals surface area contributed by atoms with E-state index in [0.29, 0.717) is 18.0 Å². The molecule has 1 fully saturated rings. The molecule has 2 aromatic rings. The van der Waals surface area contributed by atoms with Gasteiger partial charge in [0.05, 0.1) is 12.5 Å². The van der Waals surface area contributed by atoms with Crippen LogP contribution in [0.25, 0.3) is 0 Å². The first-order chi connectivity index (χ1) is 13.5. The topological polar surface area (TPSA) is 87.7 Å². The third-order valence-corrected chi connectivity index (χ3v) is 4.34. The zero-order chi connectivity index (χ0) is 20.1. The Hall–Kier alpha value is -3.42. The highest BCUT2D eigenvalue weighted by Gasteiger charge is 2.35. The fourth-order valence-corrected chi connectivity index (χ4v) is 2.94. The Morgan fingerprint density at radius 2 is 1.93 bits per heavy atom. The molecule has 2 aromatic carbocycles. The van der Waals surface area contributed by atoms with Gasteiger partial charge in [0.2, 0.25) is 11.8 Å². The van der Waals surface area contributed by atoms with Crippen molar-refractivity contribution in [3.8, 4) is 5.75 Å². The summed E-state index contributed by atoms with van der Waals surface area (Å²) in [6.07, 6.45) is 0.0366. The number of halogens is 1. The van der Waals surface area contributed by atoms with E-state index in [9.17, 15) is 18.8 Å². The van der Waals surface area contributed by atoms with Crippen molar-refractivity contribution in [2.24, 2.45) is 5.92 Å². The number of ether oxygens (including phenoxy) is 1. The molecule has 1 atom stereocenters. The number of nitrogens with one attached hydrogen (secondary N) is 2. The van der Waals surface area contributed by atoms with Crippen molar-refractivity contribution in [3.05, 3.63) is 59.9 Å². The highest BCUT2D eigenvalue weighted by molar-refractivity contribution is 6.01. The monoisotopic (exact) mass is 385 g/mol. The number of carbonyl (C=O) groups excluding carboxylic acids is 3. The molecule has 7 nitrogen and oxygen atoms in total. The van der Waals surface area contributed by atoms with Gasteiger partial charge in [-0.3, -0.25) is 25.2 Å². The average molecular weight is 385 g/mol. The number of benzene rings is 2. The van der Waals surface area contributed by atoms with Crippen molar-refractivity contribution in [1.82, 2.24) is 10.9 Å². The summed E-state index contributed by atoms with van der Waals surface area (Å²) in [5.41, 5.74) is 5.30. The molecule has 28 heavy (non-hydrogen) atoms. The molecule has 1 aliphatic rings. The maximum Gasteiger partial charge on any atom is 0.269 e. The Balaban J connectivity index is 1.56. The van der Waals surface area contributed by atoms with E-state index in [2.05, 4.69) is 10.9 Å². The maximum atomic E-state index is 13.2.